The molecule has 0 aromatic carbocycles. The number of ether oxygens (including phenoxy) is 4. The summed E-state index contributed by atoms with van der Waals surface area (Å²) in [5.74, 6) is -0.0530. The zero-order chi connectivity index (χ0) is 20.5. The zero-order valence-corrected chi connectivity index (χ0v) is 17.4. The molecule has 1 heterocycles. The molecule has 9 nitrogen and oxygen atoms in total. The second-order valence-electron chi connectivity index (χ2n) is 6.70. The number of nitrogens with one attached hydrogen (secondary N) is 2. The lowest BCUT2D eigenvalue weighted by atomic mass is 10.1. The summed E-state index contributed by atoms with van der Waals surface area (Å²) in [4.78, 5) is 25.2. The van der Waals surface area contributed by atoms with Gasteiger partial charge < -0.3 is 34.5 Å². The summed E-state index contributed by atoms with van der Waals surface area (Å²) in [7, 11) is 3.29. The van der Waals surface area contributed by atoms with E-state index in [-0.39, 0.29) is 24.5 Å². The summed E-state index contributed by atoms with van der Waals surface area (Å²) in [6.07, 6.45) is 3.70. The van der Waals surface area contributed by atoms with Gasteiger partial charge in [-0.1, -0.05) is 0 Å². The summed E-state index contributed by atoms with van der Waals surface area (Å²) in [5, 5.41) is 5.38. The van der Waals surface area contributed by atoms with Crippen molar-refractivity contribution in [2.75, 3.05) is 80.0 Å². The van der Waals surface area contributed by atoms with Gasteiger partial charge in [-0.15, -0.1) is 0 Å². The molecule has 0 saturated carbocycles. The van der Waals surface area contributed by atoms with Crippen molar-refractivity contribution in [3.05, 3.63) is 0 Å². The first-order chi connectivity index (χ1) is 13.7. The standard InChI is InChI=1S/C19H37N3O6/c1-20-18(23)4-3-8-22-9-5-17(6-10-22)28-15-14-27-16-19(24)21-7-11-26-13-12-25-2/h17H,3-16H2,1-2H3,(H,20,23)(H,21,24). The highest BCUT2D eigenvalue weighted by atomic mass is 16.5. The van der Waals surface area contributed by atoms with Gasteiger partial charge in [0.1, 0.15) is 6.61 Å². The third kappa shape index (κ3) is 13.0. The quantitative estimate of drug-likeness (QED) is 0.344. The number of hydrogen-bond donors (Lipinski definition) is 2. The Bertz CT molecular complexity index is 416. The van der Waals surface area contributed by atoms with Crippen LogP contribution in [0.3, 0.4) is 0 Å². The van der Waals surface area contributed by atoms with Crippen LogP contribution in [-0.4, -0.2) is 103 Å². The predicted octanol–water partition coefficient (Wildman–Crippen LogP) is -0.211. The number of nitrogens with zero attached hydrogens (tertiary/aromatic N) is 1. The van der Waals surface area contributed by atoms with Gasteiger partial charge in [0, 0.05) is 40.2 Å². The van der Waals surface area contributed by atoms with E-state index in [2.05, 4.69) is 15.5 Å². The topological polar surface area (TPSA) is 98.4 Å². The number of likely N-dealkylation sites (tertiary alicyclic amines) is 1. The van der Waals surface area contributed by atoms with Crippen LogP contribution in [0, 0.1) is 0 Å². The van der Waals surface area contributed by atoms with Crippen LogP contribution in [0.25, 0.3) is 0 Å². The molecule has 1 fully saturated rings. The summed E-state index contributed by atoms with van der Waals surface area (Å²) < 4.78 is 21.3. The minimum Gasteiger partial charge on any atom is -0.382 e. The predicted molar refractivity (Wildman–Crippen MR) is 105 cm³/mol. The number of carbonyl (C=O) groups excluding carboxylic acids is 2. The molecule has 0 aromatic rings. The Morgan fingerprint density at radius 3 is 2.46 bits per heavy atom. The fourth-order valence-electron chi connectivity index (χ4n) is 2.88. The summed E-state index contributed by atoms with van der Waals surface area (Å²) in [6.45, 7) is 5.87. The summed E-state index contributed by atoms with van der Waals surface area (Å²) >= 11 is 0. The molecule has 1 saturated heterocycles. The second-order valence-corrected chi connectivity index (χ2v) is 6.70. The minimum absolute atomic E-state index is 0.0329. The van der Waals surface area contributed by atoms with E-state index < -0.39 is 0 Å². The van der Waals surface area contributed by atoms with Crippen molar-refractivity contribution in [1.29, 1.82) is 0 Å². The fourth-order valence-corrected chi connectivity index (χ4v) is 2.88. The third-order valence-corrected chi connectivity index (χ3v) is 4.51. The Morgan fingerprint density at radius 2 is 1.75 bits per heavy atom. The average Bonchev–Trinajstić information content (AvgIpc) is 2.71. The SMILES string of the molecule is CNC(=O)CCCN1CCC(OCCOCC(=O)NCCOCCOC)CC1. The molecule has 28 heavy (non-hydrogen) atoms. The van der Waals surface area contributed by atoms with Crippen molar-refractivity contribution >= 4 is 11.8 Å². The van der Waals surface area contributed by atoms with Crippen LogP contribution in [0.15, 0.2) is 0 Å². The molecule has 0 unspecified atom stereocenters. The van der Waals surface area contributed by atoms with Gasteiger partial charge in [0.15, 0.2) is 0 Å². The van der Waals surface area contributed by atoms with Gasteiger partial charge >= 0.3 is 0 Å². The molecule has 1 rings (SSSR count). The molecule has 2 amide bonds. The maximum atomic E-state index is 11.6. The number of rotatable bonds is 16. The molecule has 0 bridgehead atoms. The Labute approximate surface area is 168 Å². The van der Waals surface area contributed by atoms with Crippen LogP contribution in [-0.2, 0) is 28.5 Å². The van der Waals surface area contributed by atoms with Gasteiger partial charge in [-0.05, 0) is 25.8 Å². The Kier molecular flexibility index (Phi) is 14.8. The zero-order valence-electron chi connectivity index (χ0n) is 17.4. The van der Waals surface area contributed by atoms with E-state index in [4.69, 9.17) is 18.9 Å². The monoisotopic (exact) mass is 403 g/mol. The lowest BCUT2D eigenvalue weighted by molar-refractivity contribution is -0.127. The first kappa shape index (κ1) is 24.8. The molecule has 1 aliphatic rings. The molecule has 0 radical (unpaired) electrons. The van der Waals surface area contributed by atoms with Crippen LogP contribution >= 0.6 is 0 Å². The highest BCUT2D eigenvalue weighted by molar-refractivity contribution is 5.77. The van der Waals surface area contributed by atoms with Crippen LogP contribution < -0.4 is 10.6 Å². The maximum Gasteiger partial charge on any atom is 0.246 e. The van der Waals surface area contributed by atoms with Gasteiger partial charge in [0.2, 0.25) is 11.8 Å². The highest BCUT2D eigenvalue weighted by Crippen LogP contribution is 2.14. The normalized spacial score (nSPS) is 15.5. The largest absolute Gasteiger partial charge is 0.382 e. The van der Waals surface area contributed by atoms with Crippen LogP contribution in [0.4, 0.5) is 0 Å². The molecule has 9 heteroatoms. The minimum atomic E-state index is -0.152. The van der Waals surface area contributed by atoms with Crippen molar-refractivity contribution in [3.8, 4) is 0 Å². The molecular weight excluding hydrogens is 366 g/mol. The first-order valence-corrected chi connectivity index (χ1v) is 10.1. The average molecular weight is 404 g/mol. The van der Waals surface area contributed by atoms with Gasteiger partial charge in [-0.25, -0.2) is 0 Å². The molecule has 2 N–H and O–H groups in total. The molecule has 0 aromatic heterocycles. The third-order valence-electron chi connectivity index (χ3n) is 4.51. The highest BCUT2D eigenvalue weighted by Gasteiger charge is 2.19. The van der Waals surface area contributed by atoms with Gasteiger partial charge in [-0.2, -0.15) is 0 Å². The molecule has 1 aliphatic heterocycles. The number of methoxy groups -OCH3 is 1. The smallest absolute Gasteiger partial charge is 0.246 e. The molecular formula is C19H37N3O6. The lowest BCUT2D eigenvalue weighted by Gasteiger charge is -2.31. The lowest BCUT2D eigenvalue weighted by Crippen LogP contribution is -2.38. The van der Waals surface area contributed by atoms with E-state index in [1.807, 2.05) is 0 Å². The van der Waals surface area contributed by atoms with E-state index >= 15 is 0 Å². The van der Waals surface area contributed by atoms with Crippen molar-refractivity contribution in [1.82, 2.24) is 15.5 Å². The number of carbonyl (C=O) groups is 2. The van der Waals surface area contributed by atoms with Crippen LogP contribution in [0.1, 0.15) is 25.7 Å². The molecule has 0 aliphatic carbocycles. The van der Waals surface area contributed by atoms with Gasteiger partial charge in [0.05, 0.1) is 39.1 Å². The van der Waals surface area contributed by atoms with E-state index in [9.17, 15) is 9.59 Å². The Balaban J connectivity index is 1.90. The maximum absolute atomic E-state index is 11.6. The Morgan fingerprint density at radius 1 is 1.00 bits per heavy atom. The first-order valence-electron chi connectivity index (χ1n) is 10.1. The van der Waals surface area contributed by atoms with E-state index in [0.29, 0.717) is 46.0 Å². The van der Waals surface area contributed by atoms with E-state index in [1.165, 1.54) is 0 Å². The molecule has 164 valence electrons. The van der Waals surface area contributed by atoms with Gasteiger partial charge in [-0.3, -0.25) is 9.59 Å². The number of amides is 2. The van der Waals surface area contributed by atoms with Crippen molar-refractivity contribution in [3.63, 3.8) is 0 Å². The van der Waals surface area contributed by atoms with Crippen LogP contribution in [0.2, 0.25) is 0 Å². The van der Waals surface area contributed by atoms with Crippen molar-refractivity contribution in [2.45, 2.75) is 31.8 Å². The van der Waals surface area contributed by atoms with E-state index in [1.54, 1.807) is 14.2 Å². The Hall–Kier alpha value is -1.26. The molecule has 0 atom stereocenters. The van der Waals surface area contributed by atoms with Gasteiger partial charge in [0.25, 0.3) is 0 Å². The molecule has 0 spiro atoms. The summed E-state index contributed by atoms with van der Waals surface area (Å²) in [5.41, 5.74) is 0. The van der Waals surface area contributed by atoms with Crippen LogP contribution in [0.5, 0.6) is 0 Å². The summed E-state index contributed by atoms with van der Waals surface area (Å²) in [6, 6.07) is 0. The van der Waals surface area contributed by atoms with Crippen molar-refractivity contribution < 1.29 is 28.5 Å². The number of hydrogen-bond acceptors (Lipinski definition) is 7. The second kappa shape index (κ2) is 16.7. The van der Waals surface area contributed by atoms with Crippen molar-refractivity contribution in [2.24, 2.45) is 0 Å². The fraction of sp³-hybridized carbons (Fsp3) is 0.895. The van der Waals surface area contributed by atoms with E-state index in [0.717, 1.165) is 38.9 Å². The number of piperidine rings is 1.